The largest absolute Gasteiger partial charge is 0.370 e. The Morgan fingerprint density at radius 3 is 3.18 bits per heavy atom. The molecule has 0 saturated carbocycles. The lowest BCUT2D eigenvalue weighted by atomic mass is 10.2. The lowest BCUT2D eigenvalue weighted by Crippen LogP contribution is -2.03. The van der Waals surface area contributed by atoms with Crippen molar-refractivity contribution in [2.24, 2.45) is 7.05 Å². The van der Waals surface area contributed by atoms with Crippen molar-refractivity contribution in [3.8, 4) is 0 Å². The number of nitrogens with zero attached hydrogens (tertiary/aromatic N) is 3. The highest BCUT2D eigenvalue weighted by Crippen LogP contribution is 2.25. The zero-order valence-electron chi connectivity index (χ0n) is 6.53. The van der Waals surface area contributed by atoms with Gasteiger partial charge in [0.2, 0.25) is 0 Å². The second-order valence-corrected chi connectivity index (χ2v) is 2.80. The van der Waals surface area contributed by atoms with E-state index in [9.17, 15) is 0 Å². The molecular weight excluding hydrogens is 142 g/mol. The molecule has 0 bridgehead atoms. The highest BCUT2D eigenvalue weighted by atomic mass is 16.5. The van der Waals surface area contributed by atoms with Crippen molar-refractivity contribution in [2.75, 3.05) is 6.61 Å². The second-order valence-electron chi connectivity index (χ2n) is 2.80. The molecule has 1 aliphatic heterocycles. The Balaban J connectivity index is 2.21. The highest BCUT2D eigenvalue weighted by Gasteiger charge is 2.21. The average molecular weight is 153 g/mol. The van der Waals surface area contributed by atoms with Crippen molar-refractivity contribution < 1.29 is 4.74 Å². The lowest BCUT2D eigenvalue weighted by Gasteiger charge is -2.06. The molecule has 1 atom stereocenters. The minimum atomic E-state index is 0.183. The van der Waals surface area contributed by atoms with Gasteiger partial charge in [0.05, 0.1) is 0 Å². The minimum absolute atomic E-state index is 0.183. The van der Waals surface area contributed by atoms with Crippen LogP contribution in [0.1, 0.15) is 24.8 Å². The number of hydrogen-bond acceptors (Lipinski definition) is 3. The number of aromatic nitrogens is 3. The standard InChI is InChI=1S/C7H11N3O/c1-10-5-8-9-7(10)6-3-2-4-11-6/h5-6H,2-4H2,1H3. The van der Waals surface area contributed by atoms with E-state index in [4.69, 9.17) is 4.74 Å². The smallest absolute Gasteiger partial charge is 0.161 e. The van der Waals surface area contributed by atoms with E-state index < -0.39 is 0 Å². The van der Waals surface area contributed by atoms with E-state index in [0.717, 1.165) is 25.3 Å². The molecule has 1 aromatic rings. The Hall–Kier alpha value is -0.900. The molecule has 1 aromatic heterocycles. The summed E-state index contributed by atoms with van der Waals surface area (Å²) in [4.78, 5) is 0. The van der Waals surface area contributed by atoms with Crippen molar-refractivity contribution in [3.05, 3.63) is 12.2 Å². The van der Waals surface area contributed by atoms with Crippen molar-refractivity contribution in [2.45, 2.75) is 18.9 Å². The summed E-state index contributed by atoms with van der Waals surface area (Å²) in [6.45, 7) is 0.859. The van der Waals surface area contributed by atoms with Crippen LogP contribution in [-0.4, -0.2) is 21.4 Å². The van der Waals surface area contributed by atoms with Gasteiger partial charge in [-0.15, -0.1) is 10.2 Å². The number of rotatable bonds is 1. The van der Waals surface area contributed by atoms with Gasteiger partial charge in [-0.25, -0.2) is 0 Å². The van der Waals surface area contributed by atoms with Crippen LogP contribution in [0.4, 0.5) is 0 Å². The van der Waals surface area contributed by atoms with Gasteiger partial charge >= 0.3 is 0 Å². The molecular formula is C7H11N3O. The van der Waals surface area contributed by atoms with Gasteiger partial charge in [0.25, 0.3) is 0 Å². The monoisotopic (exact) mass is 153 g/mol. The van der Waals surface area contributed by atoms with E-state index >= 15 is 0 Å². The van der Waals surface area contributed by atoms with Crippen molar-refractivity contribution in [1.29, 1.82) is 0 Å². The molecule has 0 radical (unpaired) electrons. The maximum Gasteiger partial charge on any atom is 0.161 e. The average Bonchev–Trinajstić information content (AvgIpc) is 2.55. The molecule has 1 unspecified atom stereocenters. The maximum atomic E-state index is 5.45. The third-order valence-corrected chi connectivity index (χ3v) is 1.96. The first-order valence-electron chi connectivity index (χ1n) is 3.83. The van der Waals surface area contributed by atoms with Crippen LogP contribution < -0.4 is 0 Å². The zero-order valence-corrected chi connectivity index (χ0v) is 6.53. The van der Waals surface area contributed by atoms with Crippen LogP contribution in [0.3, 0.4) is 0 Å². The lowest BCUT2D eigenvalue weighted by molar-refractivity contribution is 0.102. The molecule has 1 aliphatic rings. The molecule has 1 saturated heterocycles. The molecule has 0 aliphatic carbocycles. The number of ether oxygens (including phenoxy) is 1. The first kappa shape index (κ1) is 6.79. The molecule has 0 aromatic carbocycles. The SMILES string of the molecule is Cn1cnnc1C1CCCO1. The van der Waals surface area contributed by atoms with Crippen LogP contribution in [0.25, 0.3) is 0 Å². The molecule has 1 fully saturated rings. The summed E-state index contributed by atoms with van der Waals surface area (Å²) < 4.78 is 7.37. The van der Waals surface area contributed by atoms with Gasteiger partial charge in [-0.2, -0.15) is 0 Å². The van der Waals surface area contributed by atoms with Gasteiger partial charge in [-0.3, -0.25) is 0 Å². The summed E-state index contributed by atoms with van der Waals surface area (Å²) in [6, 6.07) is 0. The van der Waals surface area contributed by atoms with Crippen LogP contribution in [0.2, 0.25) is 0 Å². The zero-order chi connectivity index (χ0) is 7.68. The maximum absolute atomic E-state index is 5.45. The van der Waals surface area contributed by atoms with E-state index in [0.29, 0.717) is 0 Å². The van der Waals surface area contributed by atoms with Gasteiger partial charge in [0.15, 0.2) is 5.82 Å². The minimum Gasteiger partial charge on any atom is -0.370 e. The van der Waals surface area contributed by atoms with E-state index in [2.05, 4.69) is 10.2 Å². The highest BCUT2D eigenvalue weighted by molar-refractivity contribution is 4.92. The predicted molar refractivity (Wildman–Crippen MR) is 38.9 cm³/mol. The third kappa shape index (κ3) is 1.14. The van der Waals surface area contributed by atoms with E-state index in [1.807, 2.05) is 11.6 Å². The van der Waals surface area contributed by atoms with Crippen molar-refractivity contribution >= 4 is 0 Å². The molecule has 4 nitrogen and oxygen atoms in total. The van der Waals surface area contributed by atoms with Crippen molar-refractivity contribution in [3.63, 3.8) is 0 Å². The summed E-state index contributed by atoms with van der Waals surface area (Å²) in [5.41, 5.74) is 0. The quantitative estimate of drug-likeness (QED) is 0.595. The normalized spacial score (nSPS) is 24.3. The van der Waals surface area contributed by atoms with Gasteiger partial charge in [0.1, 0.15) is 12.4 Å². The molecule has 11 heavy (non-hydrogen) atoms. The van der Waals surface area contributed by atoms with Gasteiger partial charge in [-0.1, -0.05) is 0 Å². The first-order chi connectivity index (χ1) is 5.38. The van der Waals surface area contributed by atoms with Gasteiger partial charge in [0, 0.05) is 13.7 Å². The summed E-state index contributed by atoms with van der Waals surface area (Å²) >= 11 is 0. The Labute approximate surface area is 65.2 Å². The van der Waals surface area contributed by atoms with Gasteiger partial charge in [-0.05, 0) is 12.8 Å². The van der Waals surface area contributed by atoms with Crippen LogP contribution in [-0.2, 0) is 11.8 Å². The van der Waals surface area contributed by atoms with Crippen LogP contribution in [0.15, 0.2) is 6.33 Å². The Kier molecular flexibility index (Phi) is 1.62. The van der Waals surface area contributed by atoms with Crippen LogP contribution in [0.5, 0.6) is 0 Å². The summed E-state index contributed by atoms with van der Waals surface area (Å²) in [5, 5.41) is 7.78. The fraction of sp³-hybridized carbons (Fsp3) is 0.714. The summed E-state index contributed by atoms with van der Waals surface area (Å²) in [6.07, 6.45) is 4.10. The van der Waals surface area contributed by atoms with E-state index in [-0.39, 0.29) is 6.10 Å². The third-order valence-electron chi connectivity index (χ3n) is 1.96. The Bertz CT molecular complexity index is 240. The second kappa shape index (κ2) is 2.62. The Morgan fingerprint density at radius 2 is 2.64 bits per heavy atom. The molecule has 2 heterocycles. The fourth-order valence-electron chi connectivity index (χ4n) is 1.36. The molecule has 4 heteroatoms. The van der Waals surface area contributed by atoms with Crippen LogP contribution in [0, 0.1) is 0 Å². The van der Waals surface area contributed by atoms with Crippen LogP contribution >= 0.6 is 0 Å². The fourth-order valence-corrected chi connectivity index (χ4v) is 1.36. The summed E-state index contributed by atoms with van der Waals surface area (Å²) in [7, 11) is 1.94. The first-order valence-corrected chi connectivity index (χ1v) is 3.83. The van der Waals surface area contributed by atoms with Gasteiger partial charge < -0.3 is 9.30 Å². The molecule has 60 valence electrons. The van der Waals surface area contributed by atoms with E-state index in [1.165, 1.54) is 0 Å². The molecule has 0 N–H and O–H groups in total. The predicted octanol–water partition coefficient (Wildman–Crippen LogP) is 0.667. The number of aryl methyl sites for hydroxylation is 1. The molecule has 2 rings (SSSR count). The van der Waals surface area contributed by atoms with E-state index in [1.54, 1.807) is 6.33 Å². The Morgan fingerprint density at radius 1 is 1.73 bits per heavy atom. The summed E-state index contributed by atoms with van der Waals surface area (Å²) in [5.74, 6) is 0.947. The number of hydrogen-bond donors (Lipinski definition) is 0. The topological polar surface area (TPSA) is 39.9 Å². The molecule has 0 amide bonds. The van der Waals surface area contributed by atoms with Crippen molar-refractivity contribution in [1.82, 2.24) is 14.8 Å². The molecule has 0 spiro atoms.